The minimum Gasteiger partial charge on any atom is -0.313 e. The molecule has 0 amide bonds. The molecule has 1 N–H and O–H groups in total. The Balaban J connectivity index is 2.09. The van der Waals surface area contributed by atoms with Crippen LogP contribution in [0.5, 0.6) is 0 Å². The van der Waals surface area contributed by atoms with Gasteiger partial charge in [-0.2, -0.15) is 0 Å². The fourth-order valence-corrected chi connectivity index (χ4v) is 1.37. The average Bonchev–Trinajstić information content (AvgIpc) is 2.40. The molecule has 0 bridgehead atoms. The average molecular weight is 97.2 g/mol. The second-order valence-corrected chi connectivity index (χ2v) is 2.96. The van der Waals surface area contributed by atoms with E-state index >= 15 is 0 Å². The van der Waals surface area contributed by atoms with E-state index in [1.54, 1.807) is 0 Å². The molecule has 2 aliphatic rings. The van der Waals surface area contributed by atoms with E-state index in [-0.39, 0.29) is 0 Å². The zero-order valence-electron chi connectivity index (χ0n) is 4.70. The summed E-state index contributed by atoms with van der Waals surface area (Å²) in [6.45, 7) is 3.59. The third kappa shape index (κ3) is 0.325. The molecule has 1 heterocycles. The Morgan fingerprint density at radius 1 is 1.57 bits per heavy atom. The maximum Gasteiger partial charge on any atom is 0.0108 e. The van der Waals surface area contributed by atoms with E-state index < -0.39 is 0 Å². The maximum absolute atomic E-state index is 3.36. The highest BCUT2D eigenvalue weighted by atomic mass is 15.1. The van der Waals surface area contributed by atoms with Gasteiger partial charge in [-0.3, -0.25) is 0 Å². The summed E-state index contributed by atoms with van der Waals surface area (Å²) < 4.78 is 0. The molecule has 0 aromatic carbocycles. The van der Waals surface area contributed by atoms with Crippen LogP contribution in [0, 0.1) is 5.41 Å². The van der Waals surface area contributed by atoms with Crippen LogP contribution < -0.4 is 5.32 Å². The summed E-state index contributed by atoms with van der Waals surface area (Å²) in [4.78, 5) is 0. The molecule has 0 aromatic heterocycles. The maximum atomic E-state index is 3.36. The van der Waals surface area contributed by atoms with Crippen LogP contribution in [0.4, 0.5) is 0 Å². The minimum absolute atomic E-state index is 0.819. The van der Waals surface area contributed by atoms with Gasteiger partial charge in [-0.1, -0.05) is 0 Å². The van der Waals surface area contributed by atoms with Crippen molar-refractivity contribution in [2.24, 2.45) is 5.41 Å². The Labute approximate surface area is 44.1 Å². The SMILES string of the molecule is CC1NCC12CC2. The van der Waals surface area contributed by atoms with Crippen LogP contribution in [-0.4, -0.2) is 12.6 Å². The third-order valence-corrected chi connectivity index (χ3v) is 2.57. The van der Waals surface area contributed by atoms with Gasteiger partial charge < -0.3 is 5.32 Å². The number of nitrogens with one attached hydrogen (secondary N) is 1. The van der Waals surface area contributed by atoms with Crippen LogP contribution in [0.3, 0.4) is 0 Å². The van der Waals surface area contributed by atoms with Gasteiger partial charge in [-0.15, -0.1) is 0 Å². The topological polar surface area (TPSA) is 12.0 Å². The summed E-state index contributed by atoms with van der Waals surface area (Å²) in [6, 6.07) is 0.840. The van der Waals surface area contributed by atoms with Gasteiger partial charge in [0.2, 0.25) is 0 Å². The minimum atomic E-state index is 0.819. The van der Waals surface area contributed by atoms with Gasteiger partial charge in [-0.05, 0) is 25.2 Å². The van der Waals surface area contributed by atoms with E-state index in [4.69, 9.17) is 0 Å². The molecule has 1 unspecified atom stereocenters. The van der Waals surface area contributed by atoms with Gasteiger partial charge in [0.05, 0.1) is 0 Å². The standard InChI is InChI=1S/C6H11N/c1-5-6(2-3-6)4-7-5/h5,7H,2-4H2,1H3. The van der Waals surface area contributed by atoms with Crippen molar-refractivity contribution in [3.8, 4) is 0 Å². The van der Waals surface area contributed by atoms with E-state index in [2.05, 4.69) is 12.2 Å². The molecule has 2 fully saturated rings. The molecular formula is C6H11N. The molecule has 1 nitrogen and oxygen atoms in total. The summed E-state index contributed by atoms with van der Waals surface area (Å²) in [5, 5.41) is 3.36. The Kier molecular flexibility index (Phi) is 0.487. The smallest absolute Gasteiger partial charge is 0.0108 e. The van der Waals surface area contributed by atoms with Gasteiger partial charge in [0.25, 0.3) is 0 Å². The summed E-state index contributed by atoms with van der Waals surface area (Å²) in [5.41, 5.74) is 0.819. The summed E-state index contributed by atoms with van der Waals surface area (Å²) in [7, 11) is 0. The molecule has 1 saturated carbocycles. The summed E-state index contributed by atoms with van der Waals surface area (Å²) >= 11 is 0. The Bertz CT molecular complexity index is 94.4. The van der Waals surface area contributed by atoms with Crippen molar-refractivity contribution in [1.82, 2.24) is 5.32 Å². The highest BCUT2D eigenvalue weighted by molar-refractivity contribution is 5.09. The fourth-order valence-electron chi connectivity index (χ4n) is 1.37. The van der Waals surface area contributed by atoms with E-state index in [9.17, 15) is 0 Å². The number of rotatable bonds is 0. The Hall–Kier alpha value is -0.0400. The van der Waals surface area contributed by atoms with Crippen molar-refractivity contribution in [2.45, 2.75) is 25.8 Å². The molecule has 1 aliphatic carbocycles. The monoisotopic (exact) mass is 97.1 g/mol. The molecule has 1 saturated heterocycles. The molecular weight excluding hydrogens is 86.1 g/mol. The van der Waals surface area contributed by atoms with Crippen molar-refractivity contribution in [1.29, 1.82) is 0 Å². The van der Waals surface area contributed by atoms with Crippen LogP contribution in [0.25, 0.3) is 0 Å². The molecule has 7 heavy (non-hydrogen) atoms. The van der Waals surface area contributed by atoms with Crippen LogP contribution in [0.1, 0.15) is 19.8 Å². The van der Waals surface area contributed by atoms with Crippen LogP contribution in [-0.2, 0) is 0 Å². The number of hydrogen-bond acceptors (Lipinski definition) is 1. The van der Waals surface area contributed by atoms with Crippen LogP contribution in [0.15, 0.2) is 0 Å². The molecule has 2 rings (SSSR count). The second-order valence-electron chi connectivity index (χ2n) is 2.96. The second kappa shape index (κ2) is 0.873. The van der Waals surface area contributed by atoms with E-state index in [1.807, 2.05) is 0 Å². The first-order chi connectivity index (χ1) is 3.33. The third-order valence-electron chi connectivity index (χ3n) is 2.57. The van der Waals surface area contributed by atoms with Crippen molar-refractivity contribution in [3.05, 3.63) is 0 Å². The first-order valence-corrected chi connectivity index (χ1v) is 3.07. The molecule has 1 atom stereocenters. The van der Waals surface area contributed by atoms with Gasteiger partial charge in [0.1, 0.15) is 0 Å². The lowest BCUT2D eigenvalue weighted by atomic mass is 9.90. The van der Waals surface area contributed by atoms with Crippen LogP contribution in [0.2, 0.25) is 0 Å². The quantitative estimate of drug-likeness (QED) is 0.470. The first kappa shape index (κ1) is 3.90. The van der Waals surface area contributed by atoms with E-state index in [0.29, 0.717) is 0 Å². The fraction of sp³-hybridized carbons (Fsp3) is 1.00. The lowest BCUT2D eigenvalue weighted by Crippen LogP contribution is -2.52. The van der Waals surface area contributed by atoms with Gasteiger partial charge in [0.15, 0.2) is 0 Å². The number of hydrogen-bond donors (Lipinski definition) is 1. The lowest BCUT2D eigenvalue weighted by molar-refractivity contribution is 0.225. The van der Waals surface area contributed by atoms with Gasteiger partial charge in [-0.25, -0.2) is 0 Å². The molecule has 40 valence electrons. The molecule has 1 aliphatic heterocycles. The highest BCUT2D eigenvalue weighted by Gasteiger charge is 2.53. The van der Waals surface area contributed by atoms with E-state index in [0.717, 1.165) is 11.5 Å². The normalized spacial score (nSPS) is 43.3. The summed E-state index contributed by atoms with van der Waals surface area (Å²) in [5.74, 6) is 0. The molecule has 1 heteroatoms. The highest BCUT2D eigenvalue weighted by Crippen LogP contribution is 2.52. The zero-order valence-corrected chi connectivity index (χ0v) is 4.70. The van der Waals surface area contributed by atoms with E-state index in [1.165, 1.54) is 19.4 Å². The van der Waals surface area contributed by atoms with Crippen LogP contribution >= 0.6 is 0 Å². The Morgan fingerprint density at radius 3 is 2.29 bits per heavy atom. The van der Waals surface area contributed by atoms with Gasteiger partial charge in [0, 0.05) is 12.6 Å². The largest absolute Gasteiger partial charge is 0.313 e. The predicted molar refractivity (Wildman–Crippen MR) is 29.1 cm³/mol. The van der Waals surface area contributed by atoms with Crippen molar-refractivity contribution >= 4 is 0 Å². The van der Waals surface area contributed by atoms with Crippen molar-refractivity contribution < 1.29 is 0 Å². The van der Waals surface area contributed by atoms with Crippen molar-refractivity contribution in [2.75, 3.05) is 6.54 Å². The predicted octanol–water partition coefficient (Wildman–Crippen LogP) is 0.758. The first-order valence-electron chi connectivity index (χ1n) is 3.07. The lowest BCUT2D eigenvalue weighted by Gasteiger charge is -2.35. The zero-order chi connectivity index (χ0) is 4.91. The molecule has 0 radical (unpaired) electrons. The molecule has 1 spiro atoms. The van der Waals surface area contributed by atoms with Crippen molar-refractivity contribution in [3.63, 3.8) is 0 Å². The van der Waals surface area contributed by atoms with Gasteiger partial charge >= 0.3 is 0 Å². The summed E-state index contributed by atoms with van der Waals surface area (Å²) in [6.07, 6.45) is 2.97. The Morgan fingerprint density at radius 2 is 2.29 bits per heavy atom. The molecule has 0 aromatic rings.